The number of non-ortho nitro benzene ring substituents is 1. The van der Waals surface area contributed by atoms with Gasteiger partial charge in [0.05, 0.1) is 21.6 Å². The lowest BCUT2D eigenvalue weighted by Crippen LogP contribution is -2.27. The van der Waals surface area contributed by atoms with Crippen LogP contribution in [0.15, 0.2) is 53.6 Å². The van der Waals surface area contributed by atoms with E-state index in [1.54, 1.807) is 31.3 Å². The molecule has 0 aliphatic rings. The molecule has 1 atom stereocenters. The second-order valence-corrected chi connectivity index (χ2v) is 6.07. The Morgan fingerprint density at radius 3 is 2.62 bits per heavy atom. The third-order valence-corrected chi connectivity index (χ3v) is 4.34. The maximum absolute atomic E-state index is 12.2. The molecule has 7 nitrogen and oxygen atoms in total. The van der Waals surface area contributed by atoms with Crippen LogP contribution < -0.4 is 4.72 Å². The van der Waals surface area contributed by atoms with Gasteiger partial charge in [-0.15, -0.1) is 0 Å². The number of nitro groups is 1. The number of pyridine rings is 1. The van der Waals surface area contributed by atoms with E-state index in [9.17, 15) is 18.5 Å². The first kappa shape index (κ1) is 15.1. The van der Waals surface area contributed by atoms with Crippen molar-refractivity contribution in [3.8, 4) is 0 Å². The molecular weight excluding hydrogens is 294 g/mol. The van der Waals surface area contributed by atoms with Crippen molar-refractivity contribution >= 4 is 15.7 Å². The molecule has 0 radical (unpaired) electrons. The lowest BCUT2D eigenvalue weighted by atomic mass is 10.2. The summed E-state index contributed by atoms with van der Waals surface area (Å²) in [4.78, 5) is 14.0. The molecule has 1 aromatic heterocycles. The maximum atomic E-state index is 12.2. The minimum absolute atomic E-state index is 0.153. The van der Waals surface area contributed by atoms with Gasteiger partial charge in [-0.1, -0.05) is 12.1 Å². The molecule has 0 aliphatic heterocycles. The summed E-state index contributed by atoms with van der Waals surface area (Å²) < 4.78 is 26.9. The smallest absolute Gasteiger partial charge is 0.260 e. The third kappa shape index (κ3) is 3.61. The summed E-state index contributed by atoms with van der Waals surface area (Å²) in [5.74, 6) is 0. The van der Waals surface area contributed by atoms with Crippen LogP contribution in [0.2, 0.25) is 0 Å². The van der Waals surface area contributed by atoms with Crippen molar-refractivity contribution in [3.05, 3.63) is 64.5 Å². The maximum Gasteiger partial charge on any atom is 0.270 e. The van der Waals surface area contributed by atoms with Gasteiger partial charge in [0, 0.05) is 18.3 Å². The van der Waals surface area contributed by atoms with Crippen molar-refractivity contribution in [2.75, 3.05) is 0 Å². The van der Waals surface area contributed by atoms with Gasteiger partial charge in [-0.3, -0.25) is 15.1 Å². The highest BCUT2D eigenvalue weighted by Gasteiger charge is 2.21. The van der Waals surface area contributed by atoms with Crippen LogP contribution in [0, 0.1) is 10.1 Å². The molecule has 0 aliphatic carbocycles. The molecule has 0 saturated heterocycles. The molecule has 2 aromatic rings. The molecule has 0 bridgehead atoms. The Balaban J connectivity index is 2.26. The fourth-order valence-electron chi connectivity index (χ4n) is 1.76. The van der Waals surface area contributed by atoms with Crippen molar-refractivity contribution in [1.82, 2.24) is 9.71 Å². The fourth-order valence-corrected chi connectivity index (χ4v) is 3.01. The molecule has 0 saturated carbocycles. The van der Waals surface area contributed by atoms with Gasteiger partial charge in [-0.05, 0) is 25.1 Å². The van der Waals surface area contributed by atoms with Crippen LogP contribution in [0.4, 0.5) is 5.69 Å². The van der Waals surface area contributed by atoms with E-state index in [0.717, 1.165) is 6.07 Å². The molecule has 1 N–H and O–H groups in total. The van der Waals surface area contributed by atoms with E-state index >= 15 is 0 Å². The van der Waals surface area contributed by atoms with E-state index in [-0.39, 0.29) is 10.6 Å². The van der Waals surface area contributed by atoms with Crippen molar-refractivity contribution in [1.29, 1.82) is 0 Å². The normalized spacial score (nSPS) is 12.8. The third-order valence-electron chi connectivity index (χ3n) is 2.80. The Bertz CT molecular complexity index is 747. The van der Waals surface area contributed by atoms with Crippen molar-refractivity contribution in [3.63, 3.8) is 0 Å². The summed E-state index contributed by atoms with van der Waals surface area (Å²) in [5.41, 5.74) is 0.287. The molecule has 0 spiro atoms. The zero-order valence-corrected chi connectivity index (χ0v) is 11.9. The van der Waals surface area contributed by atoms with E-state index in [0.29, 0.717) is 5.69 Å². The van der Waals surface area contributed by atoms with Gasteiger partial charge >= 0.3 is 0 Å². The lowest BCUT2D eigenvalue weighted by Gasteiger charge is -2.13. The van der Waals surface area contributed by atoms with E-state index < -0.39 is 21.0 Å². The first-order chi connectivity index (χ1) is 9.90. The molecule has 2 rings (SSSR count). The SMILES string of the molecule is CC(NS(=O)(=O)c1cccc([N+](=O)[O-])c1)c1ccccn1. The van der Waals surface area contributed by atoms with E-state index in [1.165, 1.54) is 18.2 Å². The van der Waals surface area contributed by atoms with Crippen LogP contribution in [0.3, 0.4) is 0 Å². The van der Waals surface area contributed by atoms with Crippen LogP contribution in [0.25, 0.3) is 0 Å². The lowest BCUT2D eigenvalue weighted by molar-refractivity contribution is -0.385. The predicted octanol–water partition coefficient (Wildman–Crippen LogP) is 2.03. The standard InChI is InChI=1S/C13H13N3O4S/c1-10(13-7-2-3-8-14-13)15-21(19,20)12-6-4-5-11(9-12)16(17)18/h2-10,15H,1H3. The number of rotatable bonds is 5. The summed E-state index contributed by atoms with van der Waals surface area (Å²) >= 11 is 0. The molecule has 0 amide bonds. The number of aromatic nitrogens is 1. The van der Waals surface area contributed by atoms with E-state index in [4.69, 9.17) is 0 Å². The van der Waals surface area contributed by atoms with E-state index in [1.807, 2.05) is 0 Å². The van der Waals surface area contributed by atoms with Crippen LogP contribution in [0.5, 0.6) is 0 Å². The molecule has 1 heterocycles. The number of nitro benzene ring substituents is 1. The molecule has 21 heavy (non-hydrogen) atoms. The van der Waals surface area contributed by atoms with Crippen LogP contribution in [0.1, 0.15) is 18.7 Å². The average molecular weight is 307 g/mol. The summed E-state index contributed by atoms with van der Waals surface area (Å²) in [5, 5.41) is 10.7. The second-order valence-electron chi connectivity index (χ2n) is 4.35. The molecule has 1 unspecified atom stereocenters. The van der Waals surface area contributed by atoms with Crippen LogP contribution in [-0.4, -0.2) is 18.3 Å². The summed E-state index contributed by atoms with van der Waals surface area (Å²) in [6.07, 6.45) is 1.56. The number of hydrogen-bond acceptors (Lipinski definition) is 5. The van der Waals surface area contributed by atoms with Gasteiger partial charge in [0.25, 0.3) is 5.69 Å². The monoisotopic (exact) mass is 307 g/mol. The first-order valence-electron chi connectivity index (χ1n) is 6.08. The summed E-state index contributed by atoms with van der Waals surface area (Å²) in [6.45, 7) is 1.65. The topological polar surface area (TPSA) is 102 Å². The number of hydrogen-bond donors (Lipinski definition) is 1. The predicted molar refractivity (Wildman–Crippen MR) is 76.1 cm³/mol. The van der Waals surface area contributed by atoms with Gasteiger partial charge < -0.3 is 0 Å². The number of nitrogens with one attached hydrogen (secondary N) is 1. The molecule has 0 fully saturated rings. The van der Waals surface area contributed by atoms with Gasteiger partial charge in [-0.2, -0.15) is 0 Å². The Kier molecular flexibility index (Phi) is 4.29. The number of nitrogens with zero attached hydrogens (tertiary/aromatic N) is 2. The van der Waals surface area contributed by atoms with Crippen molar-refractivity contribution in [2.24, 2.45) is 0 Å². The summed E-state index contributed by atoms with van der Waals surface area (Å²) in [7, 11) is -3.86. The van der Waals surface area contributed by atoms with Crippen LogP contribution in [-0.2, 0) is 10.0 Å². The van der Waals surface area contributed by atoms with Gasteiger partial charge in [0.1, 0.15) is 0 Å². The highest BCUT2D eigenvalue weighted by Crippen LogP contribution is 2.19. The van der Waals surface area contributed by atoms with E-state index in [2.05, 4.69) is 9.71 Å². The minimum atomic E-state index is -3.86. The van der Waals surface area contributed by atoms with Gasteiger partial charge in [-0.25, -0.2) is 13.1 Å². The highest BCUT2D eigenvalue weighted by molar-refractivity contribution is 7.89. The van der Waals surface area contributed by atoms with Crippen LogP contribution >= 0.6 is 0 Å². The number of sulfonamides is 1. The van der Waals surface area contributed by atoms with Gasteiger partial charge in [0.15, 0.2) is 0 Å². The average Bonchev–Trinajstić information content (AvgIpc) is 2.48. The molecular formula is C13H13N3O4S. The first-order valence-corrected chi connectivity index (χ1v) is 7.56. The molecule has 8 heteroatoms. The quantitative estimate of drug-likeness (QED) is 0.672. The van der Waals surface area contributed by atoms with Crippen molar-refractivity contribution < 1.29 is 13.3 Å². The summed E-state index contributed by atoms with van der Waals surface area (Å²) in [6, 6.07) is 9.52. The zero-order valence-electron chi connectivity index (χ0n) is 11.1. The molecule has 1 aromatic carbocycles. The highest BCUT2D eigenvalue weighted by atomic mass is 32.2. The second kappa shape index (κ2) is 5.98. The Morgan fingerprint density at radius 2 is 2.00 bits per heavy atom. The Morgan fingerprint density at radius 1 is 1.24 bits per heavy atom. The Labute approximate surface area is 121 Å². The van der Waals surface area contributed by atoms with Crippen molar-refractivity contribution in [2.45, 2.75) is 17.9 Å². The zero-order chi connectivity index (χ0) is 15.5. The molecule has 110 valence electrons. The number of benzene rings is 1. The minimum Gasteiger partial charge on any atom is -0.260 e. The fraction of sp³-hybridized carbons (Fsp3) is 0.154. The van der Waals surface area contributed by atoms with Gasteiger partial charge in [0.2, 0.25) is 10.0 Å². The Hall–Kier alpha value is -2.32. The largest absolute Gasteiger partial charge is 0.270 e.